The summed E-state index contributed by atoms with van der Waals surface area (Å²) < 4.78 is 41.8. The Morgan fingerprint density at radius 2 is 1.86 bits per heavy atom. The molecule has 4 aromatic rings. The van der Waals surface area contributed by atoms with E-state index in [1.165, 1.54) is 4.31 Å². The standard InChI is InChI=1S/C31H34N4O6S/c1-18-7-8-22-15-26(18)21(4)35-17-23-14-24(13-19(2)31(23)41-42(35,38)39)40-12-6-5-11-34-28-10-9-25(27(22)16-29(36)37)20(3)30(28)32-33-34/h7-10,13-15,21,27H,5-6,11-12,16-17H2,1-4H3,(H,36,37)/t21-,27+/m1/s1. The molecule has 3 atom stereocenters. The second kappa shape index (κ2) is 10.7. The van der Waals surface area contributed by atoms with Crippen LogP contribution in [0.3, 0.4) is 0 Å². The Morgan fingerprint density at radius 3 is 2.64 bits per heavy atom. The van der Waals surface area contributed by atoms with Crippen molar-refractivity contribution < 1.29 is 27.2 Å². The zero-order valence-corrected chi connectivity index (χ0v) is 24.9. The van der Waals surface area contributed by atoms with Crippen LogP contribution in [0.5, 0.6) is 11.5 Å². The highest BCUT2D eigenvalue weighted by atomic mass is 32.2. The lowest BCUT2D eigenvalue weighted by Crippen LogP contribution is -2.40. The first-order valence-electron chi connectivity index (χ1n) is 14.2. The minimum atomic E-state index is -4.10. The Balaban J connectivity index is 1.51. The molecule has 1 N–H and O–H groups in total. The van der Waals surface area contributed by atoms with Gasteiger partial charge >= 0.3 is 16.3 Å². The molecule has 0 fully saturated rings. The summed E-state index contributed by atoms with van der Waals surface area (Å²) in [6.45, 7) is 8.82. The second-order valence-electron chi connectivity index (χ2n) is 11.3. The topological polar surface area (TPSA) is 124 Å². The van der Waals surface area contributed by atoms with Crippen LogP contribution in [0.4, 0.5) is 0 Å². The van der Waals surface area contributed by atoms with Crippen molar-refractivity contribution in [2.24, 2.45) is 0 Å². The molecule has 10 nitrogen and oxygen atoms in total. The lowest BCUT2D eigenvalue weighted by molar-refractivity contribution is -0.137. The number of nitrogens with zero attached hydrogens (tertiary/aromatic N) is 4. The van der Waals surface area contributed by atoms with E-state index >= 15 is 0 Å². The molecule has 9 bridgehead atoms. The molecule has 3 aliphatic heterocycles. The molecule has 0 radical (unpaired) electrons. The summed E-state index contributed by atoms with van der Waals surface area (Å²) in [4.78, 5) is 12.1. The quantitative estimate of drug-likeness (QED) is 0.332. The number of benzene rings is 3. The first kappa shape index (κ1) is 28.2. The van der Waals surface area contributed by atoms with Gasteiger partial charge in [0.15, 0.2) is 5.75 Å². The number of aliphatic carboxylic acids is 1. The van der Waals surface area contributed by atoms with Crippen LogP contribution in [0.15, 0.2) is 42.5 Å². The summed E-state index contributed by atoms with van der Waals surface area (Å²) in [6.07, 6.45) is 1.48. The Kier molecular flexibility index (Phi) is 7.18. The van der Waals surface area contributed by atoms with Crippen molar-refractivity contribution in [1.29, 1.82) is 0 Å². The van der Waals surface area contributed by atoms with Gasteiger partial charge in [-0.05, 0) is 92.1 Å². The predicted molar refractivity (Wildman–Crippen MR) is 157 cm³/mol. The summed E-state index contributed by atoms with van der Waals surface area (Å²) in [5, 5.41) is 18.8. The smallest absolute Gasteiger partial charge is 0.386 e. The normalized spacial score (nSPS) is 21.7. The van der Waals surface area contributed by atoms with E-state index in [2.05, 4.69) is 10.3 Å². The van der Waals surface area contributed by atoms with E-state index in [-0.39, 0.29) is 13.0 Å². The number of carboxylic acid groups (broad SMARTS) is 1. The molecule has 0 spiro atoms. The number of hydrogen-bond acceptors (Lipinski definition) is 7. The Hall–Kier alpha value is -3.96. The highest BCUT2D eigenvalue weighted by Crippen LogP contribution is 2.41. The van der Waals surface area contributed by atoms with Gasteiger partial charge in [-0.25, -0.2) is 4.68 Å². The van der Waals surface area contributed by atoms with Crippen molar-refractivity contribution in [1.82, 2.24) is 19.3 Å². The molecule has 0 saturated heterocycles. The van der Waals surface area contributed by atoms with Crippen LogP contribution in [-0.2, 0) is 28.2 Å². The third kappa shape index (κ3) is 5.00. The van der Waals surface area contributed by atoms with Crippen molar-refractivity contribution in [3.63, 3.8) is 0 Å². The molecule has 0 saturated carbocycles. The fraction of sp³-hybridized carbons (Fsp3) is 0.387. The van der Waals surface area contributed by atoms with Crippen LogP contribution in [0.2, 0.25) is 0 Å². The first-order chi connectivity index (χ1) is 20.0. The molecule has 11 heteroatoms. The lowest BCUT2D eigenvalue weighted by Gasteiger charge is -2.34. The molecular weight excluding hydrogens is 556 g/mol. The molecule has 4 heterocycles. The van der Waals surface area contributed by atoms with E-state index in [9.17, 15) is 18.3 Å². The number of aromatic nitrogens is 3. The van der Waals surface area contributed by atoms with Crippen LogP contribution in [0.25, 0.3) is 11.0 Å². The largest absolute Gasteiger partial charge is 0.494 e. The third-order valence-corrected chi connectivity index (χ3v) is 9.88. The van der Waals surface area contributed by atoms with Crippen LogP contribution in [0.1, 0.15) is 77.1 Å². The molecule has 42 heavy (non-hydrogen) atoms. The lowest BCUT2D eigenvalue weighted by atomic mass is 9.83. The van der Waals surface area contributed by atoms with Gasteiger partial charge in [0, 0.05) is 24.6 Å². The fourth-order valence-electron chi connectivity index (χ4n) is 6.20. The summed E-state index contributed by atoms with van der Waals surface area (Å²) in [5.74, 6) is -0.384. The van der Waals surface area contributed by atoms with Crippen molar-refractivity contribution in [2.45, 2.75) is 72.0 Å². The number of rotatable bonds is 2. The molecule has 220 valence electrons. The van der Waals surface area contributed by atoms with E-state index in [1.54, 1.807) is 6.07 Å². The second-order valence-corrected chi connectivity index (χ2v) is 12.8. The average molecular weight is 591 g/mol. The molecule has 7 rings (SSSR count). The van der Waals surface area contributed by atoms with E-state index in [1.807, 2.05) is 68.8 Å². The number of fused-ring (bicyclic) bond motifs is 5. The Labute approximate surface area is 245 Å². The van der Waals surface area contributed by atoms with E-state index in [4.69, 9.17) is 8.92 Å². The highest BCUT2D eigenvalue weighted by molar-refractivity contribution is 7.84. The zero-order valence-electron chi connectivity index (χ0n) is 24.1. The number of carbonyl (C=O) groups is 1. The van der Waals surface area contributed by atoms with Gasteiger partial charge in [0.05, 0.1) is 24.6 Å². The third-order valence-electron chi connectivity index (χ3n) is 8.48. The van der Waals surface area contributed by atoms with Crippen molar-refractivity contribution >= 4 is 27.3 Å². The predicted octanol–water partition coefficient (Wildman–Crippen LogP) is 5.34. The molecule has 1 unspecified atom stereocenters. The summed E-state index contributed by atoms with van der Waals surface area (Å²) >= 11 is 0. The molecule has 3 aromatic carbocycles. The van der Waals surface area contributed by atoms with E-state index in [0.717, 1.165) is 57.3 Å². The Bertz CT molecular complexity index is 1820. The van der Waals surface area contributed by atoms with Gasteiger partial charge in [0.2, 0.25) is 0 Å². The Morgan fingerprint density at radius 1 is 1.05 bits per heavy atom. The van der Waals surface area contributed by atoms with Crippen molar-refractivity contribution in [3.05, 3.63) is 81.4 Å². The van der Waals surface area contributed by atoms with Crippen LogP contribution in [-0.4, -0.2) is 45.4 Å². The molecule has 0 amide bonds. The maximum absolute atomic E-state index is 13.4. The molecule has 0 aliphatic carbocycles. The van der Waals surface area contributed by atoms with Gasteiger partial charge < -0.3 is 14.0 Å². The SMILES string of the molecule is Cc1ccc2cc1[C@@H](C)N1Cc3cc(cc(C)c3OS1(=O)=O)OCCCCn1nnc3c(C)c(ccc31)[C@H]2CC(=O)O. The van der Waals surface area contributed by atoms with Crippen LogP contribution in [0, 0.1) is 20.8 Å². The number of aryl methyl sites for hydroxylation is 4. The highest BCUT2D eigenvalue weighted by Gasteiger charge is 2.37. The van der Waals surface area contributed by atoms with Gasteiger partial charge in [0.25, 0.3) is 0 Å². The monoisotopic (exact) mass is 590 g/mol. The number of carboxylic acids is 1. The number of ether oxygens (including phenoxy) is 1. The van der Waals surface area contributed by atoms with Crippen molar-refractivity contribution in [2.75, 3.05) is 6.61 Å². The minimum absolute atomic E-state index is 0.126. The average Bonchev–Trinajstić information content (AvgIpc) is 3.35. The van der Waals surface area contributed by atoms with E-state index < -0.39 is 28.2 Å². The van der Waals surface area contributed by atoms with Crippen LogP contribution >= 0.6 is 0 Å². The number of hydrogen-bond donors (Lipinski definition) is 1. The van der Waals surface area contributed by atoms with Gasteiger partial charge in [-0.15, -0.1) is 5.10 Å². The molecule has 3 aliphatic rings. The van der Waals surface area contributed by atoms with E-state index in [0.29, 0.717) is 30.2 Å². The van der Waals surface area contributed by atoms with Gasteiger partial charge in [-0.2, -0.15) is 12.7 Å². The van der Waals surface area contributed by atoms with Gasteiger partial charge in [-0.1, -0.05) is 29.5 Å². The summed E-state index contributed by atoms with van der Waals surface area (Å²) in [5.41, 5.74) is 7.27. The molecular formula is C31H34N4O6S. The summed E-state index contributed by atoms with van der Waals surface area (Å²) in [7, 11) is -4.10. The summed E-state index contributed by atoms with van der Waals surface area (Å²) in [6, 6.07) is 12.8. The fourth-order valence-corrected chi connectivity index (χ4v) is 7.55. The van der Waals surface area contributed by atoms with Crippen LogP contribution < -0.4 is 8.92 Å². The first-order valence-corrected chi connectivity index (χ1v) is 15.5. The molecule has 1 aromatic heterocycles. The maximum Gasteiger partial charge on any atom is 0.386 e. The van der Waals surface area contributed by atoms with Gasteiger partial charge in [-0.3, -0.25) is 4.79 Å². The zero-order chi connectivity index (χ0) is 29.8. The maximum atomic E-state index is 13.4. The van der Waals surface area contributed by atoms with Crippen molar-refractivity contribution in [3.8, 4) is 11.5 Å². The minimum Gasteiger partial charge on any atom is -0.494 e. The van der Waals surface area contributed by atoms with Gasteiger partial charge in [0.1, 0.15) is 11.3 Å².